The Morgan fingerprint density at radius 2 is 1.72 bits per heavy atom. The summed E-state index contributed by atoms with van der Waals surface area (Å²) in [4.78, 5) is 14.5. The molecule has 4 nitrogen and oxygen atoms in total. The van der Waals surface area contributed by atoms with E-state index in [1.807, 2.05) is 62.4 Å². The molecule has 1 heterocycles. The number of amides is 1. The van der Waals surface area contributed by atoms with Gasteiger partial charge in [0.1, 0.15) is 0 Å². The largest absolute Gasteiger partial charge is 0.338 e. The van der Waals surface area contributed by atoms with Crippen LogP contribution in [0.25, 0.3) is 0 Å². The lowest BCUT2D eigenvalue weighted by Crippen LogP contribution is -2.33. The van der Waals surface area contributed by atoms with Crippen molar-refractivity contribution in [3.05, 3.63) is 70.8 Å². The first kappa shape index (κ1) is 17.7. The molecule has 25 heavy (non-hydrogen) atoms. The van der Waals surface area contributed by atoms with Crippen LogP contribution < -0.4 is 0 Å². The molecule has 1 unspecified atom stereocenters. The second-order valence-corrected chi connectivity index (χ2v) is 8.95. The number of carbonyl (C=O) groups is 1. The number of hydrogen-bond acceptors (Lipinski definition) is 3. The van der Waals surface area contributed by atoms with Crippen LogP contribution in [-0.2, 0) is 9.84 Å². The van der Waals surface area contributed by atoms with Crippen molar-refractivity contribution in [2.75, 3.05) is 18.8 Å². The van der Waals surface area contributed by atoms with E-state index in [1.165, 1.54) is 0 Å². The molecule has 2 aromatic rings. The number of rotatable bonds is 2. The Morgan fingerprint density at radius 1 is 1.00 bits per heavy atom. The van der Waals surface area contributed by atoms with Gasteiger partial charge in [-0.15, -0.1) is 0 Å². The maximum atomic E-state index is 12.8. The van der Waals surface area contributed by atoms with Crippen LogP contribution >= 0.6 is 0 Å². The van der Waals surface area contributed by atoms with Crippen molar-refractivity contribution in [2.24, 2.45) is 0 Å². The summed E-state index contributed by atoms with van der Waals surface area (Å²) in [5.41, 5.74) is 3.64. The normalized spacial score (nSPS) is 20.1. The molecule has 5 heteroatoms. The first-order valence-corrected chi connectivity index (χ1v) is 10.2. The minimum absolute atomic E-state index is 0.00312. The summed E-state index contributed by atoms with van der Waals surface area (Å²) in [5, 5.41) is -0.536. The number of hydrogen-bond donors (Lipinski definition) is 0. The van der Waals surface area contributed by atoms with Crippen LogP contribution in [0.5, 0.6) is 0 Å². The molecular formula is C20H23NO3S. The van der Waals surface area contributed by atoms with Gasteiger partial charge in [-0.2, -0.15) is 0 Å². The van der Waals surface area contributed by atoms with Crippen molar-refractivity contribution >= 4 is 15.7 Å². The summed E-state index contributed by atoms with van der Waals surface area (Å²) in [6.07, 6.45) is 0.433. The van der Waals surface area contributed by atoms with E-state index >= 15 is 0 Å². The van der Waals surface area contributed by atoms with Crippen molar-refractivity contribution in [1.29, 1.82) is 0 Å². The van der Waals surface area contributed by atoms with Crippen LogP contribution in [0.2, 0.25) is 0 Å². The molecule has 3 rings (SSSR count). The van der Waals surface area contributed by atoms with E-state index < -0.39 is 15.1 Å². The van der Waals surface area contributed by atoms with Gasteiger partial charge in [0.15, 0.2) is 9.84 Å². The highest BCUT2D eigenvalue weighted by molar-refractivity contribution is 7.91. The summed E-state index contributed by atoms with van der Waals surface area (Å²) in [6.45, 7) is 4.68. The standard InChI is InChI=1S/C20H23NO3S/c1-15-8-9-18(14-16(15)2)20(22)21-11-10-19(25(23,24)13-12-21)17-6-4-3-5-7-17/h3-9,14,19H,10-13H2,1-2H3. The van der Waals surface area contributed by atoms with E-state index in [9.17, 15) is 13.2 Å². The molecule has 1 saturated heterocycles. The van der Waals surface area contributed by atoms with E-state index in [1.54, 1.807) is 4.90 Å². The van der Waals surface area contributed by atoms with Crippen LogP contribution in [0.15, 0.2) is 48.5 Å². The third-order valence-electron chi connectivity index (χ3n) is 4.95. The summed E-state index contributed by atoms with van der Waals surface area (Å²) in [5.74, 6) is -0.0876. The van der Waals surface area contributed by atoms with Crippen LogP contribution in [0.3, 0.4) is 0 Å². The molecule has 1 aliphatic heterocycles. The highest BCUT2D eigenvalue weighted by Gasteiger charge is 2.32. The van der Waals surface area contributed by atoms with Crippen LogP contribution in [0, 0.1) is 13.8 Å². The van der Waals surface area contributed by atoms with E-state index in [0.717, 1.165) is 16.7 Å². The predicted octanol–water partition coefficient (Wildman–Crippen LogP) is 3.31. The van der Waals surface area contributed by atoms with Gasteiger partial charge in [-0.1, -0.05) is 36.4 Å². The quantitative estimate of drug-likeness (QED) is 0.829. The first-order chi connectivity index (χ1) is 11.9. The van der Waals surface area contributed by atoms with Crippen LogP contribution in [0.4, 0.5) is 0 Å². The minimum Gasteiger partial charge on any atom is -0.338 e. The fraction of sp³-hybridized carbons (Fsp3) is 0.350. The summed E-state index contributed by atoms with van der Waals surface area (Å²) in [6, 6.07) is 14.9. The van der Waals surface area contributed by atoms with Gasteiger partial charge in [-0.05, 0) is 49.1 Å². The van der Waals surface area contributed by atoms with Gasteiger partial charge >= 0.3 is 0 Å². The number of aryl methyl sites for hydroxylation is 2. The van der Waals surface area contributed by atoms with Gasteiger partial charge in [0.2, 0.25) is 0 Å². The average molecular weight is 357 g/mol. The van der Waals surface area contributed by atoms with Crippen LogP contribution in [-0.4, -0.2) is 38.1 Å². The summed E-state index contributed by atoms with van der Waals surface area (Å²) >= 11 is 0. The SMILES string of the molecule is Cc1ccc(C(=O)N2CCC(c3ccccc3)S(=O)(=O)CC2)cc1C. The van der Waals surface area contributed by atoms with Gasteiger partial charge in [0.25, 0.3) is 5.91 Å². The van der Waals surface area contributed by atoms with Gasteiger partial charge in [-0.3, -0.25) is 4.79 Å². The topological polar surface area (TPSA) is 54.5 Å². The Morgan fingerprint density at radius 3 is 2.40 bits per heavy atom. The first-order valence-electron chi connectivity index (χ1n) is 8.51. The molecule has 2 aromatic carbocycles. The second kappa shape index (κ2) is 7.00. The Bertz CT molecular complexity index is 875. The maximum Gasteiger partial charge on any atom is 0.253 e. The monoisotopic (exact) mass is 357 g/mol. The lowest BCUT2D eigenvalue weighted by atomic mass is 10.1. The number of sulfone groups is 1. The van der Waals surface area contributed by atoms with Crippen molar-refractivity contribution in [3.8, 4) is 0 Å². The van der Waals surface area contributed by atoms with E-state index in [-0.39, 0.29) is 18.2 Å². The molecule has 1 atom stereocenters. The highest BCUT2D eigenvalue weighted by atomic mass is 32.2. The van der Waals surface area contributed by atoms with E-state index in [2.05, 4.69) is 0 Å². The molecule has 0 aliphatic carbocycles. The molecule has 0 bridgehead atoms. The van der Waals surface area contributed by atoms with Crippen molar-refractivity contribution in [3.63, 3.8) is 0 Å². The summed E-state index contributed by atoms with van der Waals surface area (Å²) < 4.78 is 25.3. The molecular weight excluding hydrogens is 334 g/mol. The Labute approximate surface area is 149 Å². The molecule has 0 aromatic heterocycles. The Hall–Kier alpha value is -2.14. The maximum absolute atomic E-state index is 12.8. The minimum atomic E-state index is -3.27. The van der Waals surface area contributed by atoms with Crippen molar-refractivity contribution < 1.29 is 13.2 Å². The molecule has 0 radical (unpaired) electrons. The molecule has 132 valence electrons. The average Bonchev–Trinajstić information content (AvgIpc) is 2.75. The fourth-order valence-corrected chi connectivity index (χ4v) is 5.04. The summed E-state index contributed by atoms with van der Waals surface area (Å²) in [7, 11) is -3.27. The molecule has 1 amide bonds. The number of carbonyl (C=O) groups excluding carboxylic acids is 1. The highest BCUT2D eigenvalue weighted by Crippen LogP contribution is 2.29. The van der Waals surface area contributed by atoms with Gasteiger partial charge < -0.3 is 4.90 Å². The fourth-order valence-electron chi connectivity index (χ4n) is 3.25. The molecule has 0 spiro atoms. The molecule has 1 fully saturated rings. The zero-order valence-electron chi connectivity index (χ0n) is 14.6. The Balaban J connectivity index is 1.82. The number of benzene rings is 2. The third-order valence-corrected chi connectivity index (χ3v) is 7.08. The zero-order valence-corrected chi connectivity index (χ0v) is 15.4. The number of nitrogens with zero attached hydrogens (tertiary/aromatic N) is 1. The van der Waals surface area contributed by atoms with Gasteiger partial charge in [0, 0.05) is 18.7 Å². The van der Waals surface area contributed by atoms with E-state index in [0.29, 0.717) is 18.5 Å². The predicted molar refractivity (Wildman–Crippen MR) is 99.4 cm³/mol. The van der Waals surface area contributed by atoms with Gasteiger partial charge in [-0.25, -0.2) is 8.42 Å². The lowest BCUT2D eigenvalue weighted by molar-refractivity contribution is 0.0766. The van der Waals surface area contributed by atoms with Crippen molar-refractivity contribution in [1.82, 2.24) is 4.90 Å². The van der Waals surface area contributed by atoms with Gasteiger partial charge in [0.05, 0.1) is 11.0 Å². The zero-order chi connectivity index (χ0) is 18.0. The molecule has 0 saturated carbocycles. The smallest absolute Gasteiger partial charge is 0.253 e. The lowest BCUT2D eigenvalue weighted by Gasteiger charge is -2.20. The molecule has 1 aliphatic rings. The molecule has 0 N–H and O–H groups in total. The van der Waals surface area contributed by atoms with E-state index in [4.69, 9.17) is 0 Å². The van der Waals surface area contributed by atoms with Crippen molar-refractivity contribution in [2.45, 2.75) is 25.5 Å². The third kappa shape index (κ3) is 3.76. The second-order valence-electron chi connectivity index (χ2n) is 6.65. The van der Waals surface area contributed by atoms with Crippen LogP contribution in [0.1, 0.15) is 38.7 Å². The Kier molecular flexibility index (Phi) is 4.95.